The second-order valence-corrected chi connectivity index (χ2v) is 10.8. The first-order valence-electron chi connectivity index (χ1n) is 13.5. The van der Waals surface area contributed by atoms with E-state index >= 15 is 0 Å². The fraction of sp³-hybridized carbons (Fsp3) is 0.643. The van der Waals surface area contributed by atoms with Crippen molar-refractivity contribution in [1.29, 1.82) is 0 Å². The Morgan fingerprint density at radius 2 is 1.74 bits per heavy atom. The van der Waals surface area contributed by atoms with Crippen LogP contribution in [0.15, 0.2) is 24.3 Å². The summed E-state index contributed by atoms with van der Waals surface area (Å²) in [7, 11) is 1.65. The Bertz CT molecular complexity index is 1070. The third kappa shape index (κ3) is 4.80. The number of nitrogens with zero attached hydrogens (tertiary/aromatic N) is 3. The number of methoxy groups -OCH3 is 1. The molecule has 0 spiro atoms. The van der Waals surface area contributed by atoms with E-state index in [-0.39, 0.29) is 17.9 Å². The molecular weight excluding hydrogens is 440 g/mol. The van der Waals surface area contributed by atoms with Crippen molar-refractivity contribution >= 4 is 22.7 Å². The average molecular weight is 481 g/mol. The quantitative estimate of drug-likeness (QED) is 0.673. The lowest BCUT2D eigenvalue weighted by Crippen LogP contribution is -2.65. The molecule has 0 bridgehead atoms. The maximum absolute atomic E-state index is 14.0. The molecule has 2 amide bonds. The van der Waals surface area contributed by atoms with Crippen molar-refractivity contribution in [2.45, 2.75) is 82.8 Å². The van der Waals surface area contributed by atoms with Crippen molar-refractivity contribution in [2.75, 3.05) is 33.3 Å². The number of carbonyl (C=O) groups is 2. The van der Waals surface area contributed by atoms with Crippen LogP contribution in [0.5, 0.6) is 5.75 Å². The topological polar surface area (TPSA) is 66.8 Å². The van der Waals surface area contributed by atoms with E-state index in [2.05, 4.69) is 10.2 Å². The molecule has 190 valence electrons. The van der Waals surface area contributed by atoms with Crippen LogP contribution < -0.4 is 10.1 Å². The van der Waals surface area contributed by atoms with E-state index in [9.17, 15) is 9.59 Å². The van der Waals surface area contributed by atoms with E-state index < -0.39 is 5.54 Å². The second-order valence-electron chi connectivity index (χ2n) is 10.8. The Labute approximate surface area is 208 Å². The summed E-state index contributed by atoms with van der Waals surface area (Å²) in [5.74, 6) is 0.675. The first-order chi connectivity index (χ1) is 17.0. The molecule has 35 heavy (non-hydrogen) atoms. The summed E-state index contributed by atoms with van der Waals surface area (Å²) in [6.07, 6.45) is 10.6. The van der Waals surface area contributed by atoms with Gasteiger partial charge in [-0.2, -0.15) is 0 Å². The Balaban J connectivity index is 1.46. The number of rotatable bonds is 6. The van der Waals surface area contributed by atoms with Gasteiger partial charge in [0.05, 0.1) is 19.2 Å². The lowest BCUT2D eigenvalue weighted by Gasteiger charge is -2.45. The minimum absolute atomic E-state index is 0.0241. The van der Waals surface area contributed by atoms with E-state index in [0.717, 1.165) is 62.0 Å². The minimum atomic E-state index is -0.942. The van der Waals surface area contributed by atoms with Gasteiger partial charge in [0.1, 0.15) is 17.0 Å². The number of nitrogens with one attached hydrogen (secondary N) is 1. The summed E-state index contributed by atoms with van der Waals surface area (Å²) in [5.41, 5.74) is 0.659. The number of fused-ring (bicyclic) bond motifs is 3. The highest BCUT2D eigenvalue weighted by atomic mass is 16.5. The highest BCUT2D eigenvalue weighted by Gasteiger charge is 2.48. The predicted molar refractivity (Wildman–Crippen MR) is 138 cm³/mol. The largest absolute Gasteiger partial charge is 0.497 e. The summed E-state index contributed by atoms with van der Waals surface area (Å²) < 4.78 is 7.48. The van der Waals surface area contributed by atoms with Gasteiger partial charge in [-0.15, -0.1) is 0 Å². The number of hydrogen-bond donors (Lipinski definition) is 1. The smallest absolute Gasteiger partial charge is 0.271 e. The molecule has 7 nitrogen and oxygen atoms in total. The first kappa shape index (κ1) is 24.2. The average Bonchev–Trinajstić information content (AvgIpc) is 3.03. The first-order valence-corrected chi connectivity index (χ1v) is 13.5. The number of ether oxygens (including phenoxy) is 1. The molecule has 3 aliphatic rings. The van der Waals surface area contributed by atoms with Crippen LogP contribution in [0.4, 0.5) is 0 Å². The van der Waals surface area contributed by atoms with Crippen molar-refractivity contribution in [3.05, 3.63) is 30.0 Å². The molecule has 1 N–H and O–H groups in total. The Morgan fingerprint density at radius 3 is 2.46 bits per heavy atom. The SMILES string of the molecule is COc1ccc2cc3n(c2c1)C[C@](C)(C(=O)NC1CCCCC1)N(CCN1CCCCCC1)C3=O. The van der Waals surface area contributed by atoms with E-state index in [4.69, 9.17) is 4.74 Å². The van der Waals surface area contributed by atoms with E-state index in [1.807, 2.05) is 40.7 Å². The summed E-state index contributed by atoms with van der Waals surface area (Å²) in [4.78, 5) is 32.2. The normalized spacial score (nSPS) is 24.3. The zero-order valence-corrected chi connectivity index (χ0v) is 21.4. The van der Waals surface area contributed by atoms with Crippen molar-refractivity contribution in [2.24, 2.45) is 0 Å². The molecule has 1 aromatic heterocycles. The van der Waals surface area contributed by atoms with Gasteiger partial charge in [0.2, 0.25) is 5.91 Å². The Kier molecular flexibility index (Phi) is 7.05. The van der Waals surface area contributed by atoms with Crippen molar-refractivity contribution in [1.82, 2.24) is 19.7 Å². The monoisotopic (exact) mass is 480 g/mol. The zero-order chi connectivity index (χ0) is 24.4. The predicted octanol–water partition coefficient (Wildman–Crippen LogP) is 4.19. The summed E-state index contributed by atoms with van der Waals surface area (Å²) in [6, 6.07) is 8.06. The number of carbonyl (C=O) groups excluding carboxylic acids is 2. The molecule has 1 saturated heterocycles. The van der Waals surface area contributed by atoms with E-state index in [0.29, 0.717) is 18.8 Å². The molecular formula is C28H40N4O3. The Hall–Kier alpha value is -2.54. The molecule has 2 aliphatic heterocycles. The van der Waals surface area contributed by atoms with E-state index in [1.54, 1.807) is 7.11 Å². The molecule has 2 fully saturated rings. The van der Waals surface area contributed by atoms with Gasteiger partial charge in [0, 0.05) is 30.6 Å². The van der Waals surface area contributed by atoms with Gasteiger partial charge >= 0.3 is 0 Å². The number of benzene rings is 1. The van der Waals surface area contributed by atoms with Crippen LogP contribution in [-0.2, 0) is 11.3 Å². The Morgan fingerprint density at radius 1 is 1.03 bits per heavy atom. The lowest BCUT2D eigenvalue weighted by molar-refractivity contribution is -0.133. The van der Waals surface area contributed by atoms with Gasteiger partial charge < -0.3 is 24.4 Å². The molecule has 1 aliphatic carbocycles. The molecule has 3 heterocycles. The highest BCUT2D eigenvalue weighted by Crippen LogP contribution is 2.34. The van der Waals surface area contributed by atoms with Crippen molar-refractivity contribution < 1.29 is 14.3 Å². The van der Waals surface area contributed by atoms with Gasteiger partial charge in [-0.3, -0.25) is 9.59 Å². The van der Waals surface area contributed by atoms with Crippen LogP contribution in [0.2, 0.25) is 0 Å². The minimum Gasteiger partial charge on any atom is -0.497 e. The van der Waals surface area contributed by atoms with Crippen LogP contribution in [0.25, 0.3) is 10.9 Å². The molecule has 5 rings (SSSR count). The molecule has 0 radical (unpaired) electrons. The zero-order valence-electron chi connectivity index (χ0n) is 21.4. The number of likely N-dealkylation sites (tertiary alicyclic amines) is 1. The van der Waals surface area contributed by atoms with Crippen LogP contribution in [0.3, 0.4) is 0 Å². The second kappa shape index (κ2) is 10.2. The standard InChI is InChI=1S/C28H40N4O3/c1-28(27(34)29-22-10-6-5-7-11-22)20-31-24-19-23(35-2)13-12-21(24)18-25(31)26(33)32(28)17-16-30-14-8-3-4-9-15-30/h12-13,18-19,22H,3-11,14-17,20H2,1-2H3,(H,29,34)/t28-/m1/s1. The van der Waals surface area contributed by atoms with Crippen molar-refractivity contribution in [3.63, 3.8) is 0 Å². The van der Waals surface area contributed by atoms with Gasteiger partial charge in [-0.1, -0.05) is 32.1 Å². The molecule has 2 aromatic rings. The van der Waals surface area contributed by atoms with E-state index in [1.165, 1.54) is 32.1 Å². The van der Waals surface area contributed by atoms with Crippen molar-refractivity contribution in [3.8, 4) is 5.75 Å². The molecule has 7 heteroatoms. The molecule has 1 atom stereocenters. The highest BCUT2D eigenvalue weighted by molar-refractivity contribution is 6.03. The van der Waals surface area contributed by atoms with Gasteiger partial charge in [-0.05, 0) is 63.9 Å². The van der Waals surface area contributed by atoms with Crippen LogP contribution in [0, 0.1) is 0 Å². The van der Waals surface area contributed by atoms with Crippen LogP contribution in [-0.4, -0.2) is 71.1 Å². The summed E-state index contributed by atoms with van der Waals surface area (Å²) >= 11 is 0. The summed E-state index contributed by atoms with van der Waals surface area (Å²) in [6.45, 7) is 5.94. The third-order valence-corrected chi connectivity index (χ3v) is 8.41. The number of aromatic nitrogens is 1. The fourth-order valence-corrected chi connectivity index (χ4v) is 6.20. The maximum Gasteiger partial charge on any atom is 0.271 e. The van der Waals surface area contributed by atoms with Crippen LogP contribution >= 0.6 is 0 Å². The lowest BCUT2D eigenvalue weighted by atomic mass is 9.91. The molecule has 1 aromatic carbocycles. The molecule has 0 unspecified atom stereocenters. The fourth-order valence-electron chi connectivity index (χ4n) is 6.20. The van der Waals surface area contributed by atoms with Gasteiger partial charge in [-0.25, -0.2) is 0 Å². The maximum atomic E-state index is 14.0. The van der Waals surface area contributed by atoms with Gasteiger partial charge in [0.15, 0.2) is 0 Å². The van der Waals surface area contributed by atoms with Crippen LogP contribution in [0.1, 0.15) is 75.2 Å². The molecule has 1 saturated carbocycles. The summed E-state index contributed by atoms with van der Waals surface area (Å²) in [5, 5.41) is 4.34. The van der Waals surface area contributed by atoms with Gasteiger partial charge in [0.25, 0.3) is 5.91 Å². The number of hydrogen-bond acceptors (Lipinski definition) is 4. The third-order valence-electron chi connectivity index (χ3n) is 8.41. The number of amides is 2.